The Morgan fingerprint density at radius 1 is 1.15 bits per heavy atom. The Kier molecular flexibility index (Phi) is 3.37. The fourth-order valence-electron chi connectivity index (χ4n) is 2.45. The van der Waals surface area contributed by atoms with Crippen LogP contribution in [0.15, 0.2) is 48.5 Å². The van der Waals surface area contributed by atoms with Gasteiger partial charge in [0.15, 0.2) is 0 Å². The Morgan fingerprint density at radius 2 is 1.90 bits per heavy atom. The van der Waals surface area contributed by atoms with Crippen LogP contribution in [0.3, 0.4) is 0 Å². The number of hydrogen-bond acceptors (Lipinski definition) is 2. The molecule has 1 unspecified atom stereocenters. The minimum Gasteiger partial charge on any atom is -0.383 e. The van der Waals surface area contributed by atoms with E-state index in [1.54, 1.807) is 12.1 Å². The lowest BCUT2D eigenvalue weighted by Crippen LogP contribution is -2.43. The van der Waals surface area contributed by atoms with E-state index in [4.69, 9.17) is 0 Å². The Balaban J connectivity index is 1.71. The van der Waals surface area contributed by atoms with Crippen molar-refractivity contribution in [2.75, 3.05) is 11.9 Å². The molecule has 20 heavy (non-hydrogen) atoms. The zero-order chi connectivity index (χ0) is 13.9. The minimum absolute atomic E-state index is 0.0305. The van der Waals surface area contributed by atoms with Gasteiger partial charge in [-0.25, -0.2) is 4.39 Å². The van der Waals surface area contributed by atoms with Crippen molar-refractivity contribution >= 4 is 11.6 Å². The van der Waals surface area contributed by atoms with Crippen molar-refractivity contribution in [2.45, 2.75) is 12.5 Å². The van der Waals surface area contributed by atoms with Crippen molar-refractivity contribution in [3.63, 3.8) is 0 Å². The molecule has 0 aliphatic carbocycles. The zero-order valence-electron chi connectivity index (χ0n) is 10.9. The maximum absolute atomic E-state index is 13.6. The molecule has 0 aromatic heterocycles. The molecule has 4 heteroatoms. The Hall–Kier alpha value is -2.36. The van der Waals surface area contributed by atoms with Crippen molar-refractivity contribution in [1.29, 1.82) is 0 Å². The molecule has 0 radical (unpaired) electrons. The third-order valence-electron chi connectivity index (χ3n) is 3.48. The molecule has 0 bridgehead atoms. The molecule has 0 fully saturated rings. The van der Waals surface area contributed by atoms with E-state index in [1.807, 2.05) is 24.3 Å². The van der Waals surface area contributed by atoms with Gasteiger partial charge < -0.3 is 10.6 Å². The van der Waals surface area contributed by atoms with Crippen LogP contribution in [0.25, 0.3) is 0 Å². The predicted octanol–water partition coefficient (Wildman–Crippen LogP) is 2.59. The first-order valence-electron chi connectivity index (χ1n) is 6.61. The van der Waals surface area contributed by atoms with Gasteiger partial charge in [0.25, 0.3) is 5.91 Å². The summed E-state index contributed by atoms with van der Waals surface area (Å²) in [5, 5.41) is 6.15. The third kappa shape index (κ3) is 2.50. The fourth-order valence-corrected chi connectivity index (χ4v) is 2.45. The number of amides is 1. The van der Waals surface area contributed by atoms with Gasteiger partial charge in [-0.1, -0.05) is 30.3 Å². The van der Waals surface area contributed by atoms with Crippen LogP contribution in [0.5, 0.6) is 0 Å². The van der Waals surface area contributed by atoms with Crippen LogP contribution in [-0.4, -0.2) is 18.5 Å². The number of para-hydroxylation sites is 1. The second kappa shape index (κ2) is 5.33. The van der Waals surface area contributed by atoms with Crippen molar-refractivity contribution < 1.29 is 9.18 Å². The number of benzene rings is 2. The van der Waals surface area contributed by atoms with Crippen LogP contribution < -0.4 is 10.6 Å². The molecule has 0 saturated carbocycles. The summed E-state index contributed by atoms with van der Waals surface area (Å²) in [5.74, 6) is -0.858. The molecule has 0 spiro atoms. The Bertz CT molecular complexity index is 642. The third-order valence-corrected chi connectivity index (χ3v) is 3.48. The summed E-state index contributed by atoms with van der Waals surface area (Å²) in [5.41, 5.74) is 2.35. The first-order valence-corrected chi connectivity index (χ1v) is 6.61. The van der Waals surface area contributed by atoms with E-state index < -0.39 is 5.82 Å². The number of rotatable bonds is 2. The van der Waals surface area contributed by atoms with Gasteiger partial charge in [-0.3, -0.25) is 4.79 Å². The van der Waals surface area contributed by atoms with E-state index in [0.29, 0.717) is 6.54 Å². The summed E-state index contributed by atoms with van der Waals surface area (Å²) >= 11 is 0. The van der Waals surface area contributed by atoms with Gasteiger partial charge in [0.05, 0.1) is 11.6 Å². The summed E-state index contributed by atoms with van der Waals surface area (Å²) < 4.78 is 13.6. The van der Waals surface area contributed by atoms with Gasteiger partial charge >= 0.3 is 0 Å². The standard InChI is InChI=1S/C16H15FN2O/c17-14-7-3-2-6-13(14)16(20)19-12-9-11-5-1-4-8-15(11)18-10-12/h1-8,12,18H,9-10H2,(H,19,20). The molecule has 3 rings (SSSR count). The number of anilines is 1. The summed E-state index contributed by atoms with van der Waals surface area (Å²) in [6.45, 7) is 0.650. The van der Waals surface area contributed by atoms with Gasteiger partial charge in [0.2, 0.25) is 0 Å². The molecule has 1 atom stereocenters. The first-order chi connectivity index (χ1) is 9.74. The minimum atomic E-state index is -0.492. The topological polar surface area (TPSA) is 41.1 Å². The highest BCUT2D eigenvalue weighted by Gasteiger charge is 2.21. The molecule has 2 aromatic carbocycles. The van der Waals surface area contributed by atoms with Crippen molar-refractivity contribution in [2.24, 2.45) is 0 Å². The van der Waals surface area contributed by atoms with Crippen molar-refractivity contribution in [3.8, 4) is 0 Å². The van der Waals surface area contributed by atoms with E-state index in [0.717, 1.165) is 17.7 Å². The molecule has 0 saturated heterocycles. The van der Waals surface area contributed by atoms with Crippen molar-refractivity contribution in [3.05, 3.63) is 65.5 Å². The van der Waals surface area contributed by atoms with Gasteiger partial charge in [-0.2, -0.15) is 0 Å². The molecule has 3 nitrogen and oxygen atoms in total. The summed E-state index contributed by atoms with van der Waals surface area (Å²) in [6, 6.07) is 14.0. The second-order valence-corrected chi connectivity index (χ2v) is 4.89. The average molecular weight is 270 g/mol. The normalized spacial score (nSPS) is 16.9. The molecule has 2 N–H and O–H groups in total. The van der Waals surface area contributed by atoms with E-state index in [1.165, 1.54) is 12.1 Å². The average Bonchev–Trinajstić information content (AvgIpc) is 2.47. The zero-order valence-corrected chi connectivity index (χ0v) is 10.9. The summed E-state index contributed by atoms with van der Waals surface area (Å²) in [6.07, 6.45) is 0.753. The van der Waals surface area contributed by atoms with Crippen LogP contribution in [0.2, 0.25) is 0 Å². The van der Waals surface area contributed by atoms with E-state index in [9.17, 15) is 9.18 Å². The predicted molar refractivity (Wildman–Crippen MR) is 76.3 cm³/mol. The molecule has 2 aromatic rings. The highest BCUT2D eigenvalue weighted by atomic mass is 19.1. The number of hydrogen-bond donors (Lipinski definition) is 2. The van der Waals surface area contributed by atoms with Gasteiger partial charge in [0, 0.05) is 12.2 Å². The van der Waals surface area contributed by atoms with Gasteiger partial charge in [0.1, 0.15) is 5.82 Å². The number of halogens is 1. The molecule has 1 aliphatic heterocycles. The molecule has 102 valence electrons. The second-order valence-electron chi connectivity index (χ2n) is 4.89. The van der Waals surface area contributed by atoms with Crippen LogP contribution in [0, 0.1) is 5.82 Å². The highest BCUT2D eigenvalue weighted by Crippen LogP contribution is 2.21. The maximum atomic E-state index is 13.6. The summed E-state index contributed by atoms with van der Waals surface area (Å²) in [7, 11) is 0. The molecule has 1 heterocycles. The summed E-state index contributed by atoms with van der Waals surface area (Å²) in [4.78, 5) is 12.1. The lowest BCUT2D eigenvalue weighted by molar-refractivity contribution is 0.0934. The van der Waals surface area contributed by atoms with Crippen LogP contribution in [0.4, 0.5) is 10.1 Å². The first kappa shape index (κ1) is 12.7. The molecule has 1 aliphatic rings. The monoisotopic (exact) mass is 270 g/mol. The number of nitrogens with one attached hydrogen (secondary N) is 2. The molecule has 1 amide bonds. The van der Waals surface area contributed by atoms with Crippen LogP contribution in [-0.2, 0) is 6.42 Å². The lowest BCUT2D eigenvalue weighted by atomic mass is 9.99. The Labute approximate surface area is 116 Å². The SMILES string of the molecule is O=C(NC1CNc2ccccc2C1)c1ccccc1F. The van der Waals surface area contributed by atoms with Crippen molar-refractivity contribution in [1.82, 2.24) is 5.32 Å². The number of carbonyl (C=O) groups excluding carboxylic acids is 1. The van der Waals surface area contributed by atoms with E-state index in [-0.39, 0.29) is 17.5 Å². The van der Waals surface area contributed by atoms with Gasteiger partial charge in [-0.15, -0.1) is 0 Å². The number of carbonyl (C=O) groups is 1. The smallest absolute Gasteiger partial charge is 0.254 e. The highest BCUT2D eigenvalue weighted by molar-refractivity contribution is 5.94. The van der Waals surface area contributed by atoms with Crippen LogP contribution in [0.1, 0.15) is 15.9 Å². The molecular weight excluding hydrogens is 255 g/mol. The fraction of sp³-hybridized carbons (Fsp3) is 0.188. The van der Waals surface area contributed by atoms with Crippen LogP contribution >= 0.6 is 0 Å². The number of fused-ring (bicyclic) bond motifs is 1. The molecular formula is C16H15FN2O. The Morgan fingerprint density at radius 3 is 2.75 bits per heavy atom. The lowest BCUT2D eigenvalue weighted by Gasteiger charge is -2.27. The quantitative estimate of drug-likeness (QED) is 0.880. The largest absolute Gasteiger partial charge is 0.383 e. The maximum Gasteiger partial charge on any atom is 0.254 e. The van der Waals surface area contributed by atoms with E-state index in [2.05, 4.69) is 10.6 Å². The van der Waals surface area contributed by atoms with Gasteiger partial charge in [-0.05, 0) is 30.2 Å². The van der Waals surface area contributed by atoms with E-state index >= 15 is 0 Å².